The summed E-state index contributed by atoms with van der Waals surface area (Å²) in [5, 5.41) is 22.0. The number of hydrogen-bond donors (Lipinski definition) is 2. The SMILES string of the molecule is CC(C)=CCC[C@@](O)(C(=O)O)[C@H]1CC[C@@]2(C)[C@@H]3CC[C@H]4C(C)(C)C(=O)CC[C@@]45C[C@@]35CC[C@]12C. The van der Waals surface area contributed by atoms with Crippen molar-refractivity contribution in [1.82, 2.24) is 0 Å². The van der Waals surface area contributed by atoms with Crippen molar-refractivity contribution in [2.24, 2.45) is 44.8 Å². The number of carboxylic acids is 1. The summed E-state index contributed by atoms with van der Waals surface area (Å²) >= 11 is 0. The maximum Gasteiger partial charge on any atom is 0.336 e. The predicted octanol–water partition coefficient (Wildman–Crippen LogP) is 6.56. The Bertz CT molecular complexity index is 945. The topological polar surface area (TPSA) is 74.6 Å². The summed E-state index contributed by atoms with van der Waals surface area (Å²) < 4.78 is 0. The molecule has 34 heavy (non-hydrogen) atoms. The lowest BCUT2D eigenvalue weighted by Crippen LogP contribution is -2.60. The molecule has 190 valence electrons. The Hall–Kier alpha value is -1.16. The molecule has 0 aromatic heterocycles. The van der Waals surface area contributed by atoms with Crippen molar-refractivity contribution in [2.75, 3.05) is 0 Å². The molecule has 0 aromatic rings. The van der Waals surface area contributed by atoms with Crippen LogP contribution in [0.25, 0.3) is 0 Å². The van der Waals surface area contributed by atoms with Gasteiger partial charge in [0.1, 0.15) is 5.78 Å². The quantitative estimate of drug-likeness (QED) is 0.446. The van der Waals surface area contributed by atoms with Gasteiger partial charge in [0, 0.05) is 17.8 Å². The van der Waals surface area contributed by atoms with Crippen molar-refractivity contribution in [3.8, 4) is 0 Å². The molecule has 0 aliphatic heterocycles. The maximum absolute atomic E-state index is 12.8. The molecule has 0 aromatic carbocycles. The average molecular weight is 471 g/mol. The van der Waals surface area contributed by atoms with Crippen LogP contribution in [-0.4, -0.2) is 27.6 Å². The van der Waals surface area contributed by atoms with Gasteiger partial charge in [-0.15, -0.1) is 0 Å². The minimum Gasteiger partial charge on any atom is -0.479 e. The molecule has 8 atom stereocenters. The van der Waals surface area contributed by atoms with Gasteiger partial charge in [-0.1, -0.05) is 39.3 Å². The van der Waals surface area contributed by atoms with Gasteiger partial charge in [-0.2, -0.15) is 0 Å². The Morgan fingerprint density at radius 1 is 0.971 bits per heavy atom. The third-order valence-electron chi connectivity index (χ3n) is 12.9. The number of allylic oxidation sites excluding steroid dienone is 2. The maximum atomic E-state index is 12.8. The normalized spacial score (nSPS) is 48.0. The van der Waals surface area contributed by atoms with E-state index in [0.717, 1.165) is 51.4 Å². The smallest absolute Gasteiger partial charge is 0.336 e. The molecule has 5 fully saturated rings. The molecule has 0 bridgehead atoms. The number of ketones is 1. The molecule has 0 unspecified atom stereocenters. The van der Waals surface area contributed by atoms with Gasteiger partial charge < -0.3 is 10.2 Å². The number of carbonyl (C=O) groups excluding carboxylic acids is 1. The molecule has 0 heterocycles. The summed E-state index contributed by atoms with van der Waals surface area (Å²) in [6, 6.07) is 0. The first-order valence-electron chi connectivity index (χ1n) is 13.8. The lowest BCUT2D eigenvalue weighted by atomic mass is 9.41. The number of carbonyl (C=O) groups is 2. The highest BCUT2D eigenvalue weighted by Gasteiger charge is 2.82. The van der Waals surface area contributed by atoms with Crippen LogP contribution in [0.2, 0.25) is 0 Å². The van der Waals surface area contributed by atoms with Crippen molar-refractivity contribution >= 4 is 11.8 Å². The van der Waals surface area contributed by atoms with E-state index in [-0.39, 0.29) is 22.2 Å². The number of fused-ring (bicyclic) bond motifs is 2. The van der Waals surface area contributed by atoms with Crippen LogP contribution < -0.4 is 0 Å². The summed E-state index contributed by atoms with van der Waals surface area (Å²) in [5.41, 5.74) is -0.169. The van der Waals surface area contributed by atoms with Crippen molar-refractivity contribution in [2.45, 2.75) is 118 Å². The highest BCUT2D eigenvalue weighted by atomic mass is 16.4. The molecule has 5 aliphatic carbocycles. The van der Waals surface area contributed by atoms with Crippen LogP contribution in [0, 0.1) is 44.8 Å². The van der Waals surface area contributed by atoms with E-state index in [1.54, 1.807) is 0 Å². The van der Waals surface area contributed by atoms with Gasteiger partial charge in [-0.3, -0.25) is 4.79 Å². The number of aliphatic hydroxyl groups is 1. The lowest BCUT2D eigenvalue weighted by molar-refractivity contribution is -0.188. The molecular formula is C30H46O4. The van der Waals surface area contributed by atoms with E-state index >= 15 is 0 Å². The van der Waals surface area contributed by atoms with E-state index in [9.17, 15) is 19.8 Å². The zero-order valence-corrected chi connectivity index (χ0v) is 22.3. The Kier molecular flexibility index (Phi) is 5.20. The van der Waals surface area contributed by atoms with Crippen molar-refractivity contribution in [3.63, 3.8) is 0 Å². The van der Waals surface area contributed by atoms with E-state index in [4.69, 9.17) is 0 Å². The standard InChI is InChI=1S/C30H46O4/c1-19(2)8-7-13-30(34,24(32)33)22-11-14-26(5)21-10-9-20-25(3,4)23(31)12-15-28(20)18-29(21,28)17-16-27(22,26)6/h8,20-22,34H,7,9-18H2,1-6H3,(H,32,33)/t20-,21-,22-,26-,27+,28+,29-,30-/m0/s1. The summed E-state index contributed by atoms with van der Waals surface area (Å²) in [6.45, 7) is 13.2. The fourth-order valence-electron chi connectivity index (χ4n) is 10.9. The number of rotatable bonds is 5. The molecule has 5 aliphatic rings. The molecule has 0 amide bonds. The zero-order chi connectivity index (χ0) is 24.9. The summed E-state index contributed by atoms with van der Waals surface area (Å²) in [6.07, 6.45) is 12.3. The minimum atomic E-state index is -1.67. The highest BCUT2D eigenvalue weighted by Crippen LogP contribution is 2.88. The van der Waals surface area contributed by atoms with E-state index < -0.39 is 11.6 Å². The minimum absolute atomic E-state index is 0.0515. The third kappa shape index (κ3) is 2.75. The van der Waals surface area contributed by atoms with E-state index in [1.807, 2.05) is 13.8 Å². The molecule has 2 N–H and O–H groups in total. The summed E-state index contributed by atoms with van der Waals surface area (Å²) in [7, 11) is 0. The molecule has 5 saturated carbocycles. The summed E-state index contributed by atoms with van der Waals surface area (Å²) in [4.78, 5) is 25.4. The Morgan fingerprint density at radius 2 is 1.62 bits per heavy atom. The first-order valence-corrected chi connectivity index (χ1v) is 13.8. The van der Waals surface area contributed by atoms with Gasteiger partial charge in [0.2, 0.25) is 0 Å². The van der Waals surface area contributed by atoms with E-state index in [0.29, 0.717) is 41.3 Å². The van der Waals surface area contributed by atoms with Gasteiger partial charge >= 0.3 is 5.97 Å². The summed E-state index contributed by atoms with van der Waals surface area (Å²) in [5.74, 6) is 0.300. The Balaban J connectivity index is 1.48. The first kappa shape index (κ1) is 24.5. The second kappa shape index (κ2) is 7.20. The van der Waals surface area contributed by atoms with Crippen molar-refractivity contribution < 1.29 is 19.8 Å². The van der Waals surface area contributed by atoms with Crippen LogP contribution in [0.5, 0.6) is 0 Å². The molecule has 5 rings (SSSR count). The zero-order valence-electron chi connectivity index (χ0n) is 22.3. The van der Waals surface area contributed by atoms with Crippen LogP contribution >= 0.6 is 0 Å². The molecule has 4 heteroatoms. The molecule has 0 radical (unpaired) electrons. The van der Waals surface area contributed by atoms with Gasteiger partial charge in [0.15, 0.2) is 5.60 Å². The molecule has 2 spiro atoms. The second-order valence-electron chi connectivity index (χ2n) is 14.3. The van der Waals surface area contributed by atoms with E-state index in [2.05, 4.69) is 33.8 Å². The van der Waals surface area contributed by atoms with Crippen LogP contribution in [0.15, 0.2) is 11.6 Å². The highest BCUT2D eigenvalue weighted by molar-refractivity contribution is 5.86. The van der Waals surface area contributed by atoms with Crippen molar-refractivity contribution in [3.05, 3.63) is 11.6 Å². The van der Waals surface area contributed by atoms with Gasteiger partial charge in [-0.25, -0.2) is 4.79 Å². The van der Waals surface area contributed by atoms with Crippen LogP contribution in [0.1, 0.15) is 112 Å². The largest absolute Gasteiger partial charge is 0.479 e. The number of Topliss-reactive ketones (excluding diaryl/α,β-unsaturated/α-hetero) is 1. The van der Waals surface area contributed by atoms with Gasteiger partial charge in [0.05, 0.1) is 0 Å². The number of hydrogen-bond acceptors (Lipinski definition) is 3. The fourth-order valence-corrected chi connectivity index (χ4v) is 10.9. The van der Waals surface area contributed by atoms with E-state index in [1.165, 1.54) is 12.0 Å². The molecule has 4 nitrogen and oxygen atoms in total. The van der Waals surface area contributed by atoms with Crippen LogP contribution in [-0.2, 0) is 9.59 Å². The fraction of sp³-hybridized carbons (Fsp3) is 0.867. The number of carboxylic acid groups (broad SMARTS) is 1. The molecular weight excluding hydrogens is 424 g/mol. The average Bonchev–Trinajstić information content (AvgIpc) is 3.33. The predicted molar refractivity (Wildman–Crippen MR) is 133 cm³/mol. The van der Waals surface area contributed by atoms with Gasteiger partial charge in [-0.05, 0) is 112 Å². The van der Waals surface area contributed by atoms with Crippen LogP contribution in [0.4, 0.5) is 0 Å². The van der Waals surface area contributed by atoms with Crippen molar-refractivity contribution in [1.29, 1.82) is 0 Å². The second-order valence-corrected chi connectivity index (χ2v) is 14.3. The monoisotopic (exact) mass is 470 g/mol. The number of aliphatic carboxylic acids is 1. The third-order valence-corrected chi connectivity index (χ3v) is 12.9. The lowest BCUT2D eigenvalue weighted by Gasteiger charge is -2.63. The Labute approximate surface area is 206 Å². The first-order chi connectivity index (χ1) is 15.7. The molecule has 0 saturated heterocycles. The van der Waals surface area contributed by atoms with Gasteiger partial charge in [0.25, 0.3) is 0 Å². The van der Waals surface area contributed by atoms with Crippen LogP contribution in [0.3, 0.4) is 0 Å². The Morgan fingerprint density at radius 3 is 2.26 bits per heavy atom.